The minimum Gasteiger partial charge on any atom is -0.340 e. The monoisotopic (exact) mass is 458 g/mol. The highest BCUT2D eigenvalue weighted by atomic mass is 32.2. The van der Waals surface area contributed by atoms with Crippen molar-refractivity contribution in [2.24, 2.45) is 0 Å². The maximum absolute atomic E-state index is 13.2. The normalized spacial score (nSPS) is 17.1. The number of para-hydroxylation sites is 3. The molecule has 5 rings (SSSR count). The van der Waals surface area contributed by atoms with Gasteiger partial charge >= 0.3 is 0 Å². The number of nitrogens with zero attached hydrogens (tertiary/aromatic N) is 4. The lowest BCUT2D eigenvalue weighted by Gasteiger charge is -2.32. The van der Waals surface area contributed by atoms with Crippen LogP contribution in [0.15, 0.2) is 53.7 Å². The number of hydrogen-bond donors (Lipinski definition) is 0. The highest BCUT2D eigenvalue weighted by molar-refractivity contribution is 7.99. The van der Waals surface area contributed by atoms with Crippen molar-refractivity contribution >= 4 is 50.3 Å². The number of imidazole rings is 1. The second-order valence-corrected chi connectivity index (χ2v) is 9.57. The Kier molecular flexibility index (Phi) is 5.62. The van der Waals surface area contributed by atoms with E-state index in [1.165, 1.54) is 0 Å². The summed E-state index contributed by atoms with van der Waals surface area (Å²) in [5, 5.41) is 1.23. The number of benzene rings is 2. The number of aromatic nitrogens is 3. The molecule has 1 aliphatic heterocycles. The number of alkyl halides is 2. The van der Waals surface area contributed by atoms with E-state index in [1.807, 2.05) is 41.3 Å². The molecule has 0 bridgehead atoms. The molecule has 9 heteroatoms. The first-order valence-electron chi connectivity index (χ1n) is 10.1. The Bertz CT molecular complexity index is 1210. The van der Waals surface area contributed by atoms with E-state index in [4.69, 9.17) is 4.98 Å². The third-order valence-electron chi connectivity index (χ3n) is 5.54. The summed E-state index contributed by atoms with van der Waals surface area (Å²) in [6.07, 6.45) is 1.89. The van der Waals surface area contributed by atoms with Gasteiger partial charge in [0.05, 0.1) is 26.3 Å². The van der Waals surface area contributed by atoms with E-state index in [2.05, 4.69) is 11.1 Å². The van der Waals surface area contributed by atoms with Gasteiger partial charge in [0, 0.05) is 19.0 Å². The van der Waals surface area contributed by atoms with E-state index >= 15 is 0 Å². The molecule has 1 saturated heterocycles. The predicted octanol–water partition coefficient (Wildman–Crippen LogP) is 5.37. The van der Waals surface area contributed by atoms with Crippen LogP contribution in [-0.4, -0.2) is 44.2 Å². The second kappa shape index (κ2) is 8.55. The summed E-state index contributed by atoms with van der Waals surface area (Å²) < 4.78 is 28.9. The molecule has 0 saturated carbocycles. The summed E-state index contributed by atoms with van der Waals surface area (Å²) in [6, 6.07) is 15.3. The van der Waals surface area contributed by atoms with E-state index in [0.717, 1.165) is 28.1 Å². The Morgan fingerprint density at radius 3 is 2.71 bits per heavy atom. The molecule has 160 valence electrons. The van der Waals surface area contributed by atoms with Crippen molar-refractivity contribution in [1.29, 1.82) is 0 Å². The quantitative estimate of drug-likeness (QED) is 0.378. The van der Waals surface area contributed by atoms with Gasteiger partial charge in [0.1, 0.15) is 6.54 Å². The van der Waals surface area contributed by atoms with Crippen LogP contribution in [0.1, 0.15) is 23.8 Å². The topological polar surface area (TPSA) is 51.0 Å². The number of piperidine rings is 1. The molecule has 1 aliphatic rings. The number of thiazole rings is 1. The third-order valence-corrected chi connectivity index (χ3v) is 7.44. The number of carbonyl (C=O) groups excluding carboxylic acids is 1. The molecule has 4 aromatic rings. The zero-order chi connectivity index (χ0) is 21.4. The predicted molar refractivity (Wildman–Crippen MR) is 120 cm³/mol. The summed E-state index contributed by atoms with van der Waals surface area (Å²) in [5.41, 5.74) is 2.30. The molecule has 31 heavy (non-hydrogen) atoms. The standard InChI is InChI=1S/C22H20F2N4OS2/c23-21(24)31-22-26-15-7-1-3-9-17(15)28(22)13-19(29)27-11-5-6-14(12-27)20-25-16-8-2-4-10-18(16)30-20/h1-4,7-10,14,21H,5-6,11-13H2. The first-order chi connectivity index (χ1) is 15.1. The maximum Gasteiger partial charge on any atom is 0.291 e. The molecule has 1 fully saturated rings. The summed E-state index contributed by atoms with van der Waals surface area (Å²) in [7, 11) is 0. The Morgan fingerprint density at radius 1 is 1.13 bits per heavy atom. The molecule has 1 amide bonds. The second-order valence-electron chi connectivity index (χ2n) is 7.55. The van der Waals surface area contributed by atoms with Crippen LogP contribution in [0.25, 0.3) is 21.3 Å². The molecule has 0 N–H and O–H groups in total. The molecule has 3 heterocycles. The van der Waals surface area contributed by atoms with Crippen LogP contribution in [0.4, 0.5) is 8.78 Å². The molecule has 2 aromatic heterocycles. The largest absolute Gasteiger partial charge is 0.340 e. The average molecular weight is 459 g/mol. The Morgan fingerprint density at radius 2 is 1.90 bits per heavy atom. The van der Waals surface area contributed by atoms with Crippen LogP contribution >= 0.6 is 23.1 Å². The van der Waals surface area contributed by atoms with Crippen LogP contribution < -0.4 is 0 Å². The Balaban J connectivity index is 1.37. The smallest absolute Gasteiger partial charge is 0.291 e. The fourth-order valence-corrected chi connectivity index (χ4v) is 5.77. The lowest BCUT2D eigenvalue weighted by molar-refractivity contribution is -0.133. The van der Waals surface area contributed by atoms with Gasteiger partial charge in [-0.15, -0.1) is 11.3 Å². The van der Waals surface area contributed by atoms with E-state index in [1.54, 1.807) is 22.0 Å². The molecule has 2 aromatic carbocycles. The summed E-state index contributed by atoms with van der Waals surface area (Å²) in [4.78, 5) is 24.1. The number of thioether (sulfide) groups is 1. The van der Waals surface area contributed by atoms with E-state index in [0.29, 0.717) is 35.9 Å². The van der Waals surface area contributed by atoms with Crippen LogP contribution in [0.2, 0.25) is 0 Å². The van der Waals surface area contributed by atoms with Crippen LogP contribution in [0.3, 0.4) is 0 Å². The number of fused-ring (bicyclic) bond motifs is 2. The number of amides is 1. The van der Waals surface area contributed by atoms with Gasteiger partial charge < -0.3 is 9.47 Å². The highest BCUT2D eigenvalue weighted by Gasteiger charge is 2.28. The molecule has 1 atom stereocenters. The van der Waals surface area contributed by atoms with E-state index < -0.39 is 5.76 Å². The molecule has 1 unspecified atom stereocenters. The first kappa shape index (κ1) is 20.4. The summed E-state index contributed by atoms with van der Waals surface area (Å²) in [6.45, 7) is 1.27. The number of halogens is 2. The van der Waals surface area contributed by atoms with Crippen LogP contribution in [0, 0.1) is 0 Å². The summed E-state index contributed by atoms with van der Waals surface area (Å²) >= 11 is 2.06. The minimum absolute atomic E-state index is 0.00211. The van der Waals surface area contributed by atoms with Crippen molar-refractivity contribution in [3.63, 3.8) is 0 Å². The van der Waals surface area contributed by atoms with Crippen molar-refractivity contribution in [2.75, 3.05) is 13.1 Å². The van der Waals surface area contributed by atoms with Crippen molar-refractivity contribution in [3.8, 4) is 0 Å². The Labute approximate surface area is 186 Å². The zero-order valence-electron chi connectivity index (χ0n) is 16.6. The van der Waals surface area contributed by atoms with Crippen LogP contribution in [-0.2, 0) is 11.3 Å². The van der Waals surface area contributed by atoms with Gasteiger partial charge in [0.15, 0.2) is 5.16 Å². The summed E-state index contributed by atoms with van der Waals surface area (Å²) in [5.74, 6) is -2.47. The lowest BCUT2D eigenvalue weighted by Crippen LogP contribution is -2.40. The molecule has 5 nitrogen and oxygen atoms in total. The van der Waals surface area contributed by atoms with Gasteiger partial charge in [-0.05, 0) is 48.9 Å². The zero-order valence-corrected chi connectivity index (χ0v) is 18.2. The van der Waals surface area contributed by atoms with E-state index in [-0.39, 0.29) is 23.5 Å². The fraction of sp³-hybridized carbons (Fsp3) is 0.318. The first-order valence-corrected chi connectivity index (χ1v) is 11.8. The van der Waals surface area contributed by atoms with Crippen molar-refractivity contribution in [2.45, 2.75) is 36.2 Å². The SMILES string of the molecule is O=C(Cn1c(SC(F)F)nc2ccccc21)N1CCCC(c2nc3ccccc3s2)C1. The van der Waals surface area contributed by atoms with Gasteiger partial charge in [0.2, 0.25) is 5.91 Å². The van der Waals surface area contributed by atoms with E-state index in [9.17, 15) is 13.6 Å². The molecular formula is C22H20F2N4OS2. The number of rotatable bonds is 5. The number of hydrogen-bond acceptors (Lipinski definition) is 5. The van der Waals surface area contributed by atoms with Gasteiger partial charge in [-0.3, -0.25) is 4.79 Å². The maximum atomic E-state index is 13.2. The average Bonchev–Trinajstić information content (AvgIpc) is 3.35. The Hall–Kier alpha value is -2.52. The molecule has 0 aliphatic carbocycles. The van der Waals surface area contributed by atoms with Gasteiger partial charge in [-0.2, -0.15) is 8.78 Å². The lowest BCUT2D eigenvalue weighted by atomic mass is 9.98. The van der Waals surface area contributed by atoms with Gasteiger partial charge in [-0.1, -0.05) is 24.3 Å². The minimum atomic E-state index is -2.59. The van der Waals surface area contributed by atoms with Crippen molar-refractivity contribution in [3.05, 3.63) is 53.5 Å². The number of carbonyl (C=O) groups is 1. The molecule has 0 spiro atoms. The number of likely N-dealkylation sites (tertiary alicyclic amines) is 1. The fourth-order valence-electron chi connectivity index (χ4n) is 4.08. The van der Waals surface area contributed by atoms with Gasteiger partial charge in [-0.25, -0.2) is 9.97 Å². The third kappa shape index (κ3) is 4.16. The van der Waals surface area contributed by atoms with Crippen LogP contribution in [0.5, 0.6) is 0 Å². The highest BCUT2D eigenvalue weighted by Crippen LogP contribution is 2.33. The van der Waals surface area contributed by atoms with Crippen molar-refractivity contribution in [1.82, 2.24) is 19.4 Å². The molecular weight excluding hydrogens is 438 g/mol. The van der Waals surface area contributed by atoms with Crippen molar-refractivity contribution < 1.29 is 13.6 Å². The molecule has 0 radical (unpaired) electrons. The van der Waals surface area contributed by atoms with Gasteiger partial charge in [0.25, 0.3) is 5.76 Å².